The Kier molecular flexibility index (Phi) is 5.14. The zero-order valence-electron chi connectivity index (χ0n) is 9.61. The van der Waals surface area contributed by atoms with E-state index in [-0.39, 0.29) is 18.6 Å². The van der Waals surface area contributed by atoms with Crippen LogP contribution in [0.1, 0.15) is 6.42 Å². The van der Waals surface area contributed by atoms with Crippen molar-refractivity contribution >= 4 is 5.97 Å². The molecule has 0 bridgehead atoms. The maximum Gasteiger partial charge on any atom is 0.305 e. The average molecular weight is 232 g/mol. The van der Waals surface area contributed by atoms with Crippen LogP contribution >= 0.6 is 0 Å². The summed E-state index contributed by atoms with van der Waals surface area (Å²) in [4.78, 5) is 12.8. The Hall–Kier alpha value is -0.690. The van der Waals surface area contributed by atoms with Crippen molar-refractivity contribution in [1.82, 2.24) is 10.2 Å². The van der Waals surface area contributed by atoms with Gasteiger partial charge in [-0.3, -0.25) is 9.69 Å². The first-order chi connectivity index (χ1) is 7.64. The molecule has 1 aliphatic heterocycles. The number of aliphatic hydroxyl groups is 1. The standard InChI is InChI=1S/C10H20N2O4/c1-16-5-3-12(2-4-13)10(6-9(14)15)7-11-8-10/h11,13H,2-8H2,1H3,(H,14,15). The molecule has 1 fully saturated rings. The molecule has 1 rings (SSSR count). The molecule has 0 amide bonds. The van der Waals surface area contributed by atoms with Gasteiger partial charge in [-0.1, -0.05) is 0 Å². The highest BCUT2D eigenvalue weighted by atomic mass is 16.5. The second kappa shape index (κ2) is 6.15. The smallest absolute Gasteiger partial charge is 0.305 e. The van der Waals surface area contributed by atoms with Crippen molar-refractivity contribution in [2.45, 2.75) is 12.0 Å². The molecular formula is C10H20N2O4. The van der Waals surface area contributed by atoms with Gasteiger partial charge in [-0.05, 0) is 0 Å². The Bertz CT molecular complexity index is 231. The van der Waals surface area contributed by atoms with Crippen molar-refractivity contribution in [3.8, 4) is 0 Å². The molecular weight excluding hydrogens is 212 g/mol. The SMILES string of the molecule is COCCN(CCO)C1(CC(=O)O)CNC1. The zero-order valence-corrected chi connectivity index (χ0v) is 9.61. The van der Waals surface area contributed by atoms with Crippen molar-refractivity contribution in [1.29, 1.82) is 0 Å². The lowest BCUT2D eigenvalue weighted by Gasteiger charge is -2.50. The van der Waals surface area contributed by atoms with Crippen molar-refractivity contribution < 1.29 is 19.7 Å². The predicted molar refractivity (Wildman–Crippen MR) is 58.4 cm³/mol. The number of aliphatic hydroxyl groups excluding tert-OH is 1. The fourth-order valence-corrected chi connectivity index (χ4v) is 2.06. The third kappa shape index (κ3) is 3.15. The van der Waals surface area contributed by atoms with E-state index in [1.54, 1.807) is 7.11 Å². The van der Waals surface area contributed by atoms with Gasteiger partial charge in [0, 0.05) is 33.3 Å². The summed E-state index contributed by atoms with van der Waals surface area (Å²) in [7, 11) is 1.61. The van der Waals surface area contributed by atoms with E-state index in [1.807, 2.05) is 4.90 Å². The Morgan fingerprint density at radius 3 is 2.56 bits per heavy atom. The van der Waals surface area contributed by atoms with Crippen LogP contribution in [0, 0.1) is 0 Å². The van der Waals surface area contributed by atoms with Crippen LogP contribution in [0.5, 0.6) is 0 Å². The minimum Gasteiger partial charge on any atom is -0.481 e. The monoisotopic (exact) mass is 232 g/mol. The van der Waals surface area contributed by atoms with Crippen LogP contribution in [-0.2, 0) is 9.53 Å². The van der Waals surface area contributed by atoms with E-state index in [4.69, 9.17) is 14.9 Å². The molecule has 0 aromatic carbocycles. The number of hydrogen-bond donors (Lipinski definition) is 3. The van der Waals surface area contributed by atoms with Gasteiger partial charge in [0.05, 0.1) is 25.2 Å². The molecule has 94 valence electrons. The van der Waals surface area contributed by atoms with Crippen molar-refractivity contribution in [3.05, 3.63) is 0 Å². The van der Waals surface area contributed by atoms with Gasteiger partial charge < -0.3 is 20.3 Å². The number of carbonyl (C=O) groups is 1. The Balaban J connectivity index is 2.60. The average Bonchev–Trinajstić information content (AvgIpc) is 2.18. The summed E-state index contributed by atoms with van der Waals surface area (Å²) in [5, 5.41) is 21.0. The number of carboxylic acids is 1. The van der Waals surface area contributed by atoms with Gasteiger partial charge >= 0.3 is 5.97 Å². The first-order valence-corrected chi connectivity index (χ1v) is 5.42. The van der Waals surface area contributed by atoms with E-state index in [1.165, 1.54) is 0 Å². The van der Waals surface area contributed by atoms with E-state index in [9.17, 15) is 4.79 Å². The summed E-state index contributed by atoms with van der Waals surface area (Å²) in [6.07, 6.45) is 0.101. The molecule has 0 radical (unpaired) electrons. The molecule has 0 aromatic rings. The lowest BCUT2D eigenvalue weighted by atomic mass is 9.86. The number of hydrogen-bond acceptors (Lipinski definition) is 5. The van der Waals surface area contributed by atoms with Crippen LogP contribution in [0.25, 0.3) is 0 Å². The Morgan fingerprint density at radius 2 is 2.19 bits per heavy atom. The molecule has 3 N–H and O–H groups in total. The lowest BCUT2D eigenvalue weighted by molar-refractivity contribution is -0.142. The quantitative estimate of drug-likeness (QED) is 0.485. The number of carboxylic acid groups (broad SMARTS) is 1. The number of nitrogens with zero attached hydrogens (tertiary/aromatic N) is 1. The van der Waals surface area contributed by atoms with Crippen molar-refractivity contribution in [2.24, 2.45) is 0 Å². The maximum atomic E-state index is 10.8. The summed E-state index contributed by atoms with van der Waals surface area (Å²) in [5.41, 5.74) is -0.354. The molecule has 0 aliphatic carbocycles. The fourth-order valence-electron chi connectivity index (χ4n) is 2.06. The van der Waals surface area contributed by atoms with Crippen molar-refractivity contribution in [3.63, 3.8) is 0 Å². The van der Waals surface area contributed by atoms with Crippen LogP contribution in [0.3, 0.4) is 0 Å². The fraction of sp³-hybridized carbons (Fsp3) is 0.900. The number of β-amino-alcohol motifs (C(OH)–C–C–N with tert-alkyl or cyclic N) is 1. The molecule has 0 unspecified atom stereocenters. The van der Waals surface area contributed by atoms with Gasteiger partial charge in [-0.25, -0.2) is 0 Å². The normalized spacial score (nSPS) is 18.4. The molecule has 6 nitrogen and oxygen atoms in total. The lowest BCUT2D eigenvalue weighted by Crippen LogP contribution is -2.70. The highest BCUT2D eigenvalue weighted by Crippen LogP contribution is 2.24. The predicted octanol–water partition coefficient (Wildman–Crippen LogP) is -1.26. The molecule has 0 atom stereocenters. The molecule has 0 saturated carbocycles. The molecule has 0 aromatic heterocycles. The largest absolute Gasteiger partial charge is 0.481 e. The number of methoxy groups -OCH3 is 1. The van der Waals surface area contributed by atoms with E-state index in [0.29, 0.717) is 32.8 Å². The molecule has 16 heavy (non-hydrogen) atoms. The third-order valence-corrected chi connectivity index (χ3v) is 2.99. The maximum absolute atomic E-state index is 10.8. The van der Waals surface area contributed by atoms with Gasteiger partial charge in [-0.15, -0.1) is 0 Å². The Morgan fingerprint density at radius 1 is 1.50 bits per heavy atom. The third-order valence-electron chi connectivity index (χ3n) is 2.99. The number of rotatable bonds is 8. The summed E-state index contributed by atoms with van der Waals surface area (Å²) >= 11 is 0. The van der Waals surface area contributed by atoms with Gasteiger partial charge in [0.15, 0.2) is 0 Å². The van der Waals surface area contributed by atoms with E-state index >= 15 is 0 Å². The van der Waals surface area contributed by atoms with Crippen LogP contribution in [0.15, 0.2) is 0 Å². The van der Waals surface area contributed by atoms with E-state index < -0.39 is 5.97 Å². The first-order valence-electron chi connectivity index (χ1n) is 5.42. The number of aliphatic carboxylic acids is 1. The van der Waals surface area contributed by atoms with Gasteiger partial charge in [0.25, 0.3) is 0 Å². The van der Waals surface area contributed by atoms with E-state index in [0.717, 1.165) is 0 Å². The van der Waals surface area contributed by atoms with Gasteiger partial charge in [0.1, 0.15) is 0 Å². The van der Waals surface area contributed by atoms with Crippen molar-refractivity contribution in [2.75, 3.05) is 46.5 Å². The van der Waals surface area contributed by atoms with Crippen LogP contribution < -0.4 is 5.32 Å². The summed E-state index contributed by atoms with van der Waals surface area (Å²) in [6.45, 7) is 3.02. The Labute approximate surface area is 95.2 Å². The minimum absolute atomic E-state index is 0.0328. The molecule has 0 spiro atoms. The zero-order chi connectivity index (χ0) is 12.0. The van der Waals surface area contributed by atoms with Crippen LogP contribution in [0.2, 0.25) is 0 Å². The molecule has 1 saturated heterocycles. The van der Waals surface area contributed by atoms with Gasteiger partial charge in [0.2, 0.25) is 0 Å². The number of ether oxygens (including phenoxy) is 1. The second-order valence-electron chi connectivity index (χ2n) is 4.10. The van der Waals surface area contributed by atoms with Crippen LogP contribution in [0.4, 0.5) is 0 Å². The van der Waals surface area contributed by atoms with Gasteiger partial charge in [-0.2, -0.15) is 0 Å². The topological polar surface area (TPSA) is 82.0 Å². The summed E-state index contributed by atoms with van der Waals surface area (Å²) < 4.78 is 5.00. The first kappa shape index (κ1) is 13.4. The summed E-state index contributed by atoms with van der Waals surface area (Å²) in [6, 6.07) is 0. The highest BCUT2D eigenvalue weighted by molar-refractivity contribution is 5.68. The molecule has 6 heteroatoms. The molecule has 1 aliphatic rings. The van der Waals surface area contributed by atoms with E-state index in [2.05, 4.69) is 5.32 Å². The molecule has 1 heterocycles. The number of nitrogens with one attached hydrogen (secondary N) is 1. The minimum atomic E-state index is -0.804. The second-order valence-corrected chi connectivity index (χ2v) is 4.10. The highest BCUT2D eigenvalue weighted by Gasteiger charge is 2.43. The van der Waals surface area contributed by atoms with Crippen LogP contribution in [-0.4, -0.2) is 73.1 Å². The summed E-state index contributed by atoms with van der Waals surface area (Å²) in [5.74, 6) is -0.804.